The summed E-state index contributed by atoms with van der Waals surface area (Å²) in [4.78, 5) is 11.6. The molecule has 0 saturated heterocycles. The van der Waals surface area contributed by atoms with Gasteiger partial charge in [-0.1, -0.05) is 6.92 Å². The fraction of sp³-hybridized carbons (Fsp3) is 0.545. The van der Waals surface area contributed by atoms with Gasteiger partial charge in [0.05, 0.1) is 5.75 Å². The Bertz CT molecular complexity index is 322. The highest BCUT2D eigenvalue weighted by molar-refractivity contribution is 7.97. The standard InChI is InChI=1S/C11H17NO2S/c1-4-8(2)12-11(13)10-6-5-9(14-10)7-15-3/h5-6,8H,4,7H2,1-3H3,(H,12,13)/t8-/m1/s1. The first-order valence-corrected chi connectivity index (χ1v) is 6.45. The highest BCUT2D eigenvalue weighted by Crippen LogP contribution is 2.13. The van der Waals surface area contributed by atoms with Crippen molar-refractivity contribution in [3.63, 3.8) is 0 Å². The minimum absolute atomic E-state index is 0.128. The molecule has 0 aliphatic heterocycles. The molecule has 4 heteroatoms. The summed E-state index contributed by atoms with van der Waals surface area (Å²) in [5.41, 5.74) is 0. The minimum atomic E-state index is -0.128. The molecule has 1 rings (SSSR count). The van der Waals surface area contributed by atoms with Crippen molar-refractivity contribution >= 4 is 17.7 Å². The third-order valence-electron chi connectivity index (χ3n) is 2.16. The second-order valence-corrected chi connectivity index (χ2v) is 4.35. The second-order valence-electron chi connectivity index (χ2n) is 3.48. The third kappa shape index (κ3) is 3.63. The van der Waals surface area contributed by atoms with Crippen molar-refractivity contribution in [1.82, 2.24) is 5.32 Å². The summed E-state index contributed by atoms with van der Waals surface area (Å²) in [6, 6.07) is 3.76. The summed E-state index contributed by atoms with van der Waals surface area (Å²) in [5, 5.41) is 2.86. The van der Waals surface area contributed by atoms with E-state index in [0.29, 0.717) is 5.76 Å². The zero-order valence-electron chi connectivity index (χ0n) is 9.37. The van der Waals surface area contributed by atoms with Crippen LogP contribution >= 0.6 is 11.8 Å². The predicted molar refractivity (Wildman–Crippen MR) is 63.1 cm³/mol. The fourth-order valence-corrected chi connectivity index (χ4v) is 1.56. The summed E-state index contributed by atoms with van der Waals surface area (Å²) in [7, 11) is 0. The lowest BCUT2D eigenvalue weighted by Crippen LogP contribution is -2.31. The van der Waals surface area contributed by atoms with Crippen LogP contribution in [0.25, 0.3) is 0 Å². The largest absolute Gasteiger partial charge is 0.455 e. The van der Waals surface area contributed by atoms with Crippen molar-refractivity contribution in [3.8, 4) is 0 Å². The lowest BCUT2D eigenvalue weighted by Gasteiger charge is -2.09. The molecule has 1 atom stereocenters. The maximum absolute atomic E-state index is 11.6. The van der Waals surface area contributed by atoms with Crippen molar-refractivity contribution in [2.75, 3.05) is 6.26 Å². The molecule has 0 aromatic carbocycles. The van der Waals surface area contributed by atoms with E-state index in [2.05, 4.69) is 5.32 Å². The molecular weight excluding hydrogens is 210 g/mol. The highest BCUT2D eigenvalue weighted by atomic mass is 32.2. The Labute approximate surface area is 94.6 Å². The van der Waals surface area contributed by atoms with Crippen molar-refractivity contribution in [2.24, 2.45) is 0 Å². The number of rotatable bonds is 5. The third-order valence-corrected chi connectivity index (χ3v) is 2.74. The molecule has 15 heavy (non-hydrogen) atoms. The summed E-state index contributed by atoms with van der Waals surface area (Å²) < 4.78 is 5.40. The van der Waals surface area contributed by atoms with Crippen LogP contribution in [-0.2, 0) is 5.75 Å². The quantitative estimate of drug-likeness (QED) is 0.841. The Morgan fingerprint density at radius 3 is 2.93 bits per heavy atom. The molecule has 0 bridgehead atoms. The normalized spacial score (nSPS) is 12.5. The number of hydrogen-bond acceptors (Lipinski definition) is 3. The van der Waals surface area contributed by atoms with E-state index in [9.17, 15) is 4.79 Å². The zero-order valence-corrected chi connectivity index (χ0v) is 10.2. The predicted octanol–water partition coefficient (Wildman–Crippen LogP) is 2.67. The summed E-state index contributed by atoms with van der Waals surface area (Å²) >= 11 is 1.67. The van der Waals surface area contributed by atoms with E-state index < -0.39 is 0 Å². The molecule has 0 radical (unpaired) electrons. The van der Waals surface area contributed by atoms with Gasteiger partial charge in [-0.2, -0.15) is 11.8 Å². The van der Waals surface area contributed by atoms with Gasteiger partial charge in [0, 0.05) is 6.04 Å². The van der Waals surface area contributed by atoms with E-state index in [1.165, 1.54) is 0 Å². The first-order chi connectivity index (χ1) is 7.17. The monoisotopic (exact) mass is 227 g/mol. The van der Waals surface area contributed by atoms with Crippen molar-refractivity contribution in [1.29, 1.82) is 0 Å². The number of amides is 1. The number of furan rings is 1. The van der Waals surface area contributed by atoms with Gasteiger partial charge >= 0.3 is 0 Å². The first kappa shape index (κ1) is 12.2. The van der Waals surface area contributed by atoms with Gasteiger partial charge in [-0.05, 0) is 31.7 Å². The van der Waals surface area contributed by atoms with Crippen molar-refractivity contribution in [2.45, 2.75) is 32.1 Å². The van der Waals surface area contributed by atoms with Crippen LogP contribution in [0.1, 0.15) is 36.6 Å². The summed E-state index contributed by atoms with van der Waals surface area (Å²) in [6.45, 7) is 4.01. The molecule has 0 aliphatic rings. The average Bonchev–Trinajstić information content (AvgIpc) is 2.67. The molecule has 0 unspecified atom stereocenters. The smallest absolute Gasteiger partial charge is 0.287 e. The topological polar surface area (TPSA) is 42.2 Å². The van der Waals surface area contributed by atoms with Crippen LogP contribution < -0.4 is 5.32 Å². The Morgan fingerprint density at radius 2 is 2.33 bits per heavy atom. The summed E-state index contributed by atoms with van der Waals surface area (Å²) in [5.74, 6) is 1.92. The molecule has 3 nitrogen and oxygen atoms in total. The Kier molecular flexibility index (Phi) is 4.75. The van der Waals surface area contributed by atoms with Gasteiger partial charge in [-0.15, -0.1) is 0 Å². The van der Waals surface area contributed by atoms with Gasteiger partial charge in [0.1, 0.15) is 5.76 Å². The molecule has 0 aliphatic carbocycles. The lowest BCUT2D eigenvalue weighted by molar-refractivity contribution is 0.0910. The minimum Gasteiger partial charge on any atom is -0.455 e. The van der Waals surface area contributed by atoms with E-state index in [0.717, 1.165) is 17.9 Å². The van der Waals surface area contributed by atoms with E-state index >= 15 is 0 Å². The summed E-state index contributed by atoms with van der Waals surface area (Å²) in [6.07, 6.45) is 2.92. The van der Waals surface area contributed by atoms with Crippen molar-refractivity contribution in [3.05, 3.63) is 23.7 Å². The Hall–Kier alpha value is -0.900. The average molecular weight is 227 g/mol. The maximum atomic E-state index is 11.6. The number of nitrogens with one attached hydrogen (secondary N) is 1. The van der Waals surface area contributed by atoms with Gasteiger partial charge in [0.2, 0.25) is 0 Å². The molecule has 0 spiro atoms. The van der Waals surface area contributed by atoms with Gasteiger partial charge in [0.15, 0.2) is 5.76 Å². The Balaban J connectivity index is 2.58. The van der Waals surface area contributed by atoms with E-state index in [1.807, 2.05) is 26.2 Å². The van der Waals surface area contributed by atoms with E-state index in [4.69, 9.17) is 4.42 Å². The SMILES string of the molecule is CC[C@@H](C)NC(=O)c1ccc(CSC)o1. The Morgan fingerprint density at radius 1 is 1.60 bits per heavy atom. The molecular formula is C11H17NO2S. The number of hydrogen-bond donors (Lipinski definition) is 1. The molecule has 0 fully saturated rings. The van der Waals surface area contributed by atoms with Crippen molar-refractivity contribution < 1.29 is 9.21 Å². The second kappa shape index (κ2) is 5.85. The highest BCUT2D eigenvalue weighted by Gasteiger charge is 2.12. The van der Waals surface area contributed by atoms with Crippen LogP contribution in [0.5, 0.6) is 0 Å². The van der Waals surface area contributed by atoms with Crippen LogP contribution in [-0.4, -0.2) is 18.2 Å². The van der Waals surface area contributed by atoms with Crippen LogP contribution in [0, 0.1) is 0 Å². The molecule has 1 aromatic rings. The fourth-order valence-electron chi connectivity index (χ4n) is 1.12. The maximum Gasteiger partial charge on any atom is 0.287 e. The van der Waals surface area contributed by atoms with Gasteiger partial charge in [-0.25, -0.2) is 0 Å². The van der Waals surface area contributed by atoms with Crippen LogP contribution in [0.3, 0.4) is 0 Å². The molecule has 1 amide bonds. The van der Waals surface area contributed by atoms with E-state index in [-0.39, 0.29) is 11.9 Å². The molecule has 1 aromatic heterocycles. The zero-order chi connectivity index (χ0) is 11.3. The van der Waals surface area contributed by atoms with Gasteiger partial charge < -0.3 is 9.73 Å². The molecule has 84 valence electrons. The number of thioether (sulfide) groups is 1. The first-order valence-electron chi connectivity index (χ1n) is 5.05. The molecule has 0 saturated carbocycles. The molecule has 1 N–H and O–H groups in total. The van der Waals surface area contributed by atoms with Gasteiger partial charge in [0.25, 0.3) is 5.91 Å². The van der Waals surface area contributed by atoms with Crippen LogP contribution in [0.15, 0.2) is 16.5 Å². The van der Waals surface area contributed by atoms with E-state index in [1.54, 1.807) is 17.8 Å². The molecule has 1 heterocycles. The lowest BCUT2D eigenvalue weighted by atomic mass is 10.2. The van der Waals surface area contributed by atoms with Gasteiger partial charge in [-0.3, -0.25) is 4.79 Å². The number of carbonyl (C=O) groups excluding carboxylic acids is 1. The van der Waals surface area contributed by atoms with Crippen LogP contribution in [0.4, 0.5) is 0 Å². The van der Waals surface area contributed by atoms with Crippen LogP contribution in [0.2, 0.25) is 0 Å². The number of carbonyl (C=O) groups is 1.